The maximum Gasteiger partial charge on any atom is 0.119 e. The molecule has 0 aliphatic rings. The minimum absolute atomic E-state index is 0.0468. The summed E-state index contributed by atoms with van der Waals surface area (Å²) in [5.74, 6) is 0.818. The molecule has 0 bridgehead atoms. The van der Waals surface area contributed by atoms with Crippen molar-refractivity contribution in [3.05, 3.63) is 45.1 Å². The van der Waals surface area contributed by atoms with E-state index < -0.39 is 0 Å². The maximum absolute atomic E-state index is 9.48. The van der Waals surface area contributed by atoms with Crippen molar-refractivity contribution in [1.29, 1.82) is 0 Å². The van der Waals surface area contributed by atoms with Gasteiger partial charge in [-0.1, -0.05) is 0 Å². The number of rotatable bonds is 5. The molecule has 1 heterocycles. The van der Waals surface area contributed by atoms with E-state index >= 15 is 0 Å². The molecule has 18 heavy (non-hydrogen) atoms. The molecular weight excluding hydrogens is 314 g/mol. The fraction of sp³-hybridized carbons (Fsp3) is 0.231. The fourth-order valence-electron chi connectivity index (χ4n) is 1.64. The zero-order chi connectivity index (χ0) is 13.0. The van der Waals surface area contributed by atoms with Crippen LogP contribution in [0.25, 0.3) is 0 Å². The van der Waals surface area contributed by atoms with Gasteiger partial charge in [0.1, 0.15) is 5.75 Å². The molecule has 0 saturated heterocycles. The van der Waals surface area contributed by atoms with Gasteiger partial charge in [-0.15, -0.1) is 11.3 Å². The topological polar surface area (TPSA) is 41.5 Å². The molecule has 0 aliphatic carbocycles. The van der Waals surface area contributed by atoms with Gasteiger partial charge >= 0.3 is 0 Å². The lowest BCUT2D eigenvalue weighted by molar-refractivity contribution is 0.277. The molecule has 5 heteroatoms. The number of thiophene rings is 1. The minimum Gasteiger partial charge on any atom is -0.497 e. The molecule has 0 radical (unpaired) electrons. The second-order valence-corrected chi connectivity index (χ2v) is 5.54. The van der Waals surface area contributed by atoms with Gasteiger partial charge < -0.3 is 15.2 Å². The van der Waals surface area contributed by atoms with Gasteiger partial charge in [0.25, 0.3) is 0 Å². The molecule has 0 fully saturated rings. The van der Waals surface area contributed by atoms with Crippen LogP contribution >= 0.6 is 27.3 Å². The lowest BCUT2D eigenvalue weighted by Crippen LogP contribution is -2.13. The molecule has 1 aromatic heterocycles. The summed E-state index contributed by atoms with van der Waals surface area (Å²) in [6, 6.07) is 9.53. The van der Waals surface area contributed by atoms with Crippen LogP contribution in [0.5, 0.6) is 5.75 Å². The first-order valence-electron chi connectivity index (χ1n) is 5.49. The summed E-state index contributed by atoms with van der Waals surface area (Å²) in [4.78, 5) is 1.09. The van der Waals surface area contributed by atoms with Gasteiger partial charge in [0.05, 0.1) is 19.8 Å². The van der Waals surface area contributed by atoms with Gasteiger partial charge in [-0.05, 0) is 51.6 Å². The van der Waals surface area contributed by atoms with E-state index in [0.717, 1.165) is 20.8 Å². The Labute approximate surface area is 119 Å². The van der Waals surface area contributed by atoms with Gasteiger partial charge in [-0.2, -0.15) is 0 Å². The van der Waals surface area contributed by atoms with Crippen LogP contribution in [0.3, 0.4) is 0 Å². The summed E-state index contributed by atoms with van der Waals surface area (Å²) >= 11 is 5.10. The van der Waals surface area contributed by atoms with Crippen molar-refractivity contribution in [2.24, 2.45) is 0 Å². The van der Waals surface area contributed by atoms with Crippen LogP contribution in [0.1, 0.15) is 10.9 Å². The third kappa shape index (κ3) is 3.04. The number of nitrogens with one attached hydrogen (secondary N) is 1. The number of halogens is 1. The SMILES string of the molecule is COc1ccc(NC(CO)c2sccc2Br)cc1. The molecule has 1 unspecified atom stereocenters. The average molecular weight is 328 g/mol. The van der Waals surface area contributed by atoms with E-state index in [4.69, 9.17) is 4.74 Å². The van der Waals surface area contributed by atoms with Gasteiger partial charge in [-0.25, -0.2) is 0 Å². The molecule has 0 spiro atoms. The van der Waals surface area contributed by atoms with Gasteiger partial charge in [0.2, 0.25) is 0 Å². The summed E-state index contributed by atoms with van der Waals surface area (Å²) in [6.45, 7) is 0.0468. The predicted molar refractivity (Wildman–Crippen MR) is 78.5 cm³/mol. The van der Waals surface area contributed by atoms with E-state index in [1.165, 1.54) is 0 Å². The summed E-state index contributed by atoms with van der Waals surface area (Å²) in [6.07, 6.45) is 0. The second-order valence-electron chi connectivity index (χ2n) is 3.74. The van der Waals surface area contributed by atoms with E-state index in [-0.39, 0.29) is 12.6 Å². The van der Waals surface area contributed by atoms with Crippen LogP contribution in [-0.2, 0) is 0 Å². The third-order valence-electron chi connectivity index (χ3n) is 2.57. The van der Waals surface area contributed by atoms with Crippen LogP contribution in [0, 0.1) is 0 Å². The molecule has 1 atom stereocenters. The van der Waals surface area contributed by atoms with Gasteiger partial charge in [-0.3, -0.25) is 0 Å². The monoisotopic (exact) mass is 327 g/mol. The van der Waals surface area contributed by atoms with E-state index in [0.29, 0.717) is 0 Å². The summed E-state index contributed by atoms with van der Waals surface area (Å²) in [7, 11) is 1.64. The Kier molecular flexibility index (Phi) is 4.63. The standard InChI is InChI=1S/C13H14BrNO2S/c1-17-10-4-2-9(3-5-10)15-12(8-16)13-11(14)6-7-18-13/h2-7,12,15-16H,8H2,1H3. The fourth-order valence-corrected chi connectivity index (χ4v) is 3.33. The lowest BCUT2D eigenvalue weighted by atomic mass is 10.2. The lowest BCUT2D eigenvalue weighted by Gasteiger charge is -2.17. The number of methoxy groups -OCH3 is 1. The van der Waals surface area contributed by atoms with E-state index in [1.807, 2.05) is 35.7 Å². The van der Waals surface area contributed by atoms with E-state index in [9.17, 15) is 5.11 Å². The number of benzene rings is 1. The Bertz CT molecular complexity index is 498. The van der Waals surface area contributed by atoms with E-state index in [2.05, 4.69) is 21.2 Å². The highest BCUT2D eigenvalue weighted by Crippen LogP contribution is 2.31. The molecule has 2 N–H and O–H groups in total. The van der Waals surface area contributed by atoms with Crippen molar-refractivity contribution in [3.8, 4) is 5.75 Å². The van der Waals surface area contributed by atoms with E-state index in [1.54, 1.807) is 18.4 Å². The Morgan fingerprint density at radius 1 is 1.33 bits per heavy atom. The number of aliphatic hydroxyl groups excluding tert-OH is 1. The largest absolute Gasteiger partial charge is 0.497 e. The maximum atomic E-state index is 9.48. The smallest absolute Gasteiger partial charge is 0.119 e. The summed E-state index contributed by atoms with van der Waals surface area (Å²) in [5.41, 5.74) is 0.954. The highest BCUT2D eigenvalue weighted by atomic mass is 79.9. The minimum atomic E-state index is -0.104. The van der Waals surface area contributed by atoms with Crippen LogP contribution in [0.15, 0.2) is 40.2 Å². The Morgan fingerprint density at radius 2 is 2.06 bits per heavy atom. The Balaban J connectivity index is 2.13. The zero-order valence-corrected chi connectivity index (χ0v) is 12.3. The molecule has 96 valence electrons. The average Bonchev–Trinajstić information content (AvgIpc) is 2.83. The second kappa shape index (κ2) is 6.22. The van der Waals surface area contributed by atoms with Crippen molar-refractivity contribution in [3.63, 3.8) is 0 Å². The molecule has 0 amide bonds. The molecule has 0 saturated carbocycles. The molecule has 2 aromatic rings. The predicted octanol–water partition coefficient (Wildman–Crippen LogP) is 3.66. The van der Waals surface area contributed by atoms with Crippen LogP contribution < -0.4 is 10.1 Å². The first-order valence-corrected chi connectivity index (χ1v) is 7.16. The molecule has 1 aromatic carbocycles. The molecular formula is C13H14BrNO2S. The van der Waals surface area contributed by atoms with Crippen LogP contribution in [0.2, 0.25) is 0 Å². The zero-order valence-electron chi connectivity index (χ0n) is 9.89. The van der Waals surface area contributed by atoms with Crippen molar-refractivity contribution in [2.75, 3.05) is 19.0 Å². The normalized spacial score (nSPS) is 12.2. The highest BCUT2D eigenvalue weighted by molar-refractivity contribution is 9.10. The van der Waals surface area contributed by atoms with Gasteiger partial charge in [0, 0.05) is 15.0 Å². The van der Waals surface area contributed by atoms with Crippen molar-refractivity contribution >= 4 is 33.0 Å². The Hall–Kier alpha value is -1.04. The number of ether oxygens (including phenoxy) is 1. The molecule has 0 aliphatic heterocycles. The van der Waals surface area contributed by atoms with Crippen LogP contribution in [0.4, 0.5) is 5.69 Å². The summed E-state index contributed by atoms with van der Waals surface area (Å²) < 4.78 is 6.13. The molecule has 2 rings (SSSR count). The van der Waals surface area contributed by atoms with Crippen molar-refractivity contribution in [1.82, 2.24) is 0 Å². The molecule has 3 nitrogen and oxygen atoms in total. The first-order chi connectivity index (χ1) is 8.74. The Morgan fingerprint density at radius 3 is 2.56 bits per heavy atom. The number of aliphatic hydroxyl groups is 1. The van der Waals surface area contributed by atoms with Crippen molar-refractivity contribution < 1.29 is 9.84 Å². The number of anilines is 1. The van der Waals surface area contributed by atoms with Crippen molar-refractivity contribution in [2.45, 2.75) is 6.04 Å². The summed E-state index contributed by atoms with van der Waals surface area (Å²) in [5, 5.41) is 14.8. The first kappa shape index (κ1) is 13.4. The number of hydrogen-bond acceptors (Lipinski definition) is 4. The third-order valence-corrected chi connectivity index (χ3v) is 4.56. The number of hydrogen-bond donors (Lipinski definition) is 2. The highest BCUT2D eigenvalue weighted by Gasteiger charge is 2.14. The van der Waals surface area contributed by atoms with Crippen LogP contribution in [-0.4, -0.2) is 18.8 Å². The van der Waals surface area contributed by atoms with Gasteiger partial charge in [0.15, 0.2) is 0 Å². The quantitative estimate of drug-likeness (QED) is 0.880.